The van der Waals surface area contributed by atoms with E-state index in [1.165, 1.54) is 76.8 Å². The summed E-state index contributed by atoms with van der Waals surface area (Å²) in [5.41, 5.74) is 10.6. The van der Waals surface area contributed by atoms with Gasteiger partial charge in [-0.05, 0) is 82.9 Å². The van der Waals surface area contributed by atoms with Gasteiger partial charge in [-0.15, -0.1) is 0 Å². The first-order valence-electron chi connectivity index (χ1n) is 13.8. The van der Waals surface area contributed by atoms with E-state index in [0.29, 0.717) is 0 Å². The second-order valence-electron chi connectivity index (χ2n) is 11.4. The van der Waals surface area contributed by atoms with Crippen LogP contribution in [-0.4, -0.2) is 0 Å². The molecule has 0 nitrogen and oxygen atoms in total. The lowest BCUT2D eigenvalue weighted by atomic mass is 9.81. The van der Waals surface area contributed by atoms with E-state index in [4.69, 9.17) is 0 Å². The molecule has 0 bridgehead atoms. The van der Waals surface area contributed by atoms with E-state index in [1.807, 2.05) is 0 Å². The van der Waals surface area contributed by atoms with Crippen LogP contribution in [0.2, 0.25) is 0 Å². The van der Waals surface area contributed by atoms with Gasteiger partial charge < -0.3 is 0 Å². The smallest absolute Gasteiger partial charge is 0.0159 e. The lowest BCUT2D eigenvalue weighted by Crippen LogP contribution is -2.14. The van der Waals surface area contributed by atoms with Crippen LogP contribution in [0.25, 0.3) is 66.7 Å². The van der Waals surface area contributed by atoms with Gasteiger partial charge in [0.1, 0.15) is 0 Å². The van der Waals surface area contributed by atoms with Crippen LogP contribution >= 0.6 is 0 Å². The van der Waals surface area contributed by atoms with Crippen LogP contribution in [0.4, 0.5) is 0 Å². The summed E-state index contributed by atoms with van der Waals surface area (Å²) in [5, 5.41) is 7.96. The van der Waals surface area contributed by atoms with Gasteiger partial charge in [-0.25, -0.2) is 0 Å². The Kier molecular flexibility index (Phi) is 4.67. The zero-order valence-corrected chi connectivity index (χ0v) is 22.2. The molecule has 0 radical (unpaired) electrons. The second kappa shape index (κ2) is 8.16. The molecule has 0 N–H and O–H groups in total. The molecule has 0 heteroatoms. The Balaban J connectivity index is 1.13. The highest BCUT2D eigenvalue weighted by Crippen LogP contribution is 2.49. The van der Waals surface area contributed by atoms with E-state index in [9.17, 15) is 0 Å². The Hall–Kier alpha value is -4.68. The number of hydrogen-bond acceptors (Lipinski definition) is 0. The molecule has 0 spiro atoms. The van der Waals surface area contributed by atoms with Crippen LogP contribution in [-0.2, 0) is 5.41 Å². The molecule has 0 unspecified atom stereocenters. The van der Waals surface area contributed by atoms with Gasteiger partial charge in [0.05, 0.1) is 0 Å². The molecule has 1 aliphatic carbocycles. The largest absolute Gasteiger partial charge is 0.0619 e. The quantitative estimate of drug-likeness (QED) is 0.169. The third-order valence-corrected chi connectivity index (χ3v) is 8.85. The van der Waals surface area contributed by atoms with Gasteiger partial charge in [0.15, 0.2) is 0 Å². The fraction of sp³-hybridized carbons (Fsp3) is 0.0769. The van der Waals surface area contributed by atoms with Gasteiger partial charge in [0.2, 0.25) is 0 Å². The van der Waals surface area contributed by atoms with Crippen molar-refractivity contribution in [3.8, 4) is 22.3 Å². The molecule has 7 aromatic carbocycles. The fourth-order valence-electron chi connectivity index (χ4n) is 6.76. The van der Waals surface area contributed by atoms with E-state index in [0.717, 1.165) is 0 Å². The molecular weight excluding hydrogens is 468 g/mol. The summed E-state index contributed by atoms with van der Waals surface area (Å²) in [6, 6.07) is 44.9. The second-order valence-corrected chi connectivity index (χ2v) is 11.4. The number of benzene rings is 7. The Morgan fingerprint density at radius 3 is 1.97 bits per heavy atom. The average Bonchev–Trinajstić information content (AvgIpc) is 3.21. The molecule has 39 heavy (non-hydrogen) atoms. The van der Waals surface area contributed by atoms with Crippen LogP contribution in [0.15, 0.2) is 121 Å². The third kappa shape index (κ3) is 3.31. The summed E-state index contributed by atoms with van der Waals surface area (Å²) in [6.07, 6.45) is 4.49. The van der Waals surface area contributed by atoms with Crippen molar-refractivity contribution in [2.45, 2.75) is 19.3 Å². The molecule has 1 aliphatic rings. The summed E-state index contributed by atoms with van der Waals surface area (Å²) in [4.78, 5) is 0. The van der Waals surface area contributed by atoms with Crippen LogP contribution in [0.3, 0.4) is 0 Å². The Morgan fingerprint density at radius 1 is 0.487 bits per heavy atom. The summed E-state index contributed by atoms with van der Waals surface area (Å²) >= 11 is 0. The summed E-state index contributed by atoms with van der Waals surface area (Å²) in [7, 11) is 0. The van der Waals surface area contributed by atoms with Gasteiger partial charge in [-0.1, -0.05) is 141 Å². The van der Waals surface area contributed by atoms with E-state index in [-0.39, 0.29) is 5.41 Å². The average molecular weight is 497 g/mol. The van der Waals surface area contributed by atoms with E-state index >= 15 is 0 Å². The molecule has 0 amide bonds. The molecule has 0 atom stereocenters. The highest BCUT2D eigenvalue weighted by Gasteiger charge is 2.35. The maximum Gasteiger partial charge on any atom is 0.0159 e. The number of rotatable bonds is 3. The van der Waals surface area contributed by atoms with Crippen molar-refractivity contribution in [3.05, 3.63) is 144 Å². The molecule has 0 saturated heterocycles. The summed E-state index contributed by atoms with van der Waals surface area (Å²) in [5.74, 6) is 0. The summed E-state index contributed by atoms with van der Waals surface area (Å²) in [6.45, 7) is 4.68. The Morgan fingerprint density at radius 2 is 1.15 bits per heavy atom. The lowest BCUT2D eigenvalue weighted by molar-refractivity contribution is 0.660. The van der Waals surface area contributed by atoms with E-state index in [1.54, 1.807) is 0 Å². The minimum absolute atomic E-state index is 0.0191. The normalized spacial score (nSPS) is 14.0. The molecule has 0 fully saturated rings. The molecule has 0 heterocycles. The third-order valence-electron chi connectivity index (χ3n) is 8.85. The van der Waals surface area contributed by atoms with Crippen molar-refractivity contribution in [1.82, 2.24) is 0 Å². The minimum Gasteiger partial charge on any atom is -0.0619 e. The van der Waals surface area contributed by atoms with Crippen LogP contribution in [0, 0.1) is 0 Å². The van der Waals surface area contributed by atoms with Crippen LogP contribution < -0.4 is 0 Å². The predicted octanol–water partition coefficient (Wildman–Crippen LogP) is 10.7. The van der Waals surface area contributed by atoms with E-state index in [2.05, 4.69) is 147 Å². The lowest BCUT2D eigenvalue weighted by Gasteiger charge is -2.22. The maximum atomic E-state index is 2.39. The van der Waals surface area contributed by atoms with Crippen molar-refractivity contribution in [2.24, 2.45) is 0 Å². The van der Waals surface area contributed by atoms with Gasteiger partial charge in [0.25, 0.3) is 0 Å². The van der Waals surface area contributed by atoms with Gasteiger partial charge >= 0.3 is 0 Å². The zero-order chi connectivity index (χ0) is 26.1. The Labute approximate surface area is 229 Å². The van der Waals surface area contributed by atoms with Crippen molar-refractivity contribution in [1.29, 1.82) is 0 Å². The molecule has 8 rings (SSSR count). The predicted molar refractivity (Wildman–Crippen MR) is 169 cm³/mol. The van der Waals surface area contributed by atoms with Crippen LogP contribution in [0.1, 0.15) is 36.1 Å². The SMILES string of the molecule is CC1(C)c2ccccc2-c2ccc(-c3ccc(/C=C/c4ccc5ccc6cccc7ccc4c5c67)cc3)cc21. The standard InChI is InChI=1S/C39H28/c1-39(2)35-9-4-3-8-33(35)34-23-21-31(24-36(34)39)26-13-10-25(11-14-26)12-15-27-16-17-30-19-18-28-6-5-7-29-20-22-32(27)38(30)37(28)29/h3-24H,1-2H3/b15-12+. The van der Waals surface area contributed by atoms with Crippen molar-refractivity contribution < 1.29 is 0 Å². The number of hydrogen-bond donors (Lipinski definition) is 0. The molecular formula is C39H28. The summed E-state index contributed by atoms with van der Waals surface area (Å²) < 4.78 is 0. The maximum absolute atomic E-state index is 2.39. The first kappa shape index (κ1) is 22.3. The van der Waals surface area contributed by atoms with Gasteiger partial charge in [-0.3, -0.25) is 0 Å². The zero-order valence-electron chi connectivity index (χ0n) is 22.2. The minimum atomic E-state index is 0.0191. The van der Waals surface area contributed by atoms with Crippen LogP contribution in [0.5, 0.6) is 0 Å². The number of fused-ring (bicyclic) bond motifs is 3. The molecule has 0 saturated carbocycles. The monoisotopic (exact) mass is 496 g/mol. The highest BCUT2D eigenvalue weighted by atomic mass is 14.4. The molecule has 0 aromatic heterocycles. The molecule has 7 aromatic rings. The van der Waals surface area contributed by atoms with Gasteiger partial charge in [0, 0.05) is 5.41 Å². The van der Waals surface area contributed by atoms with Gasteiger partial charge in [-0.2, -0.15) is 0 Å². The van der Waals surface area contributed by atoms with Crippen molar-refractivity contribution in [3.63, 3.8) is 0 Å². The molecule has 0 aliphatic heterocycles. The highest BCUT2D eigenvalue weighted by molar-refractivity contribution is 6.24. The first-order valence-corrected chi connectivity index (χ1v) is 13.8. The van der Waals surface area contributed by atoms with Crippen molar-refractivity contribution in [2.75, 3.05) is 0 Å². The Bertz CT molecular complexity index is 2050. The van der Waals surface area contributed by atoms with E-state index < -0.39 is 0 Å². The van der Waals surface area contributed by atoms with Crippen molar-refractivity contribution >= 4 is 44.5 Å². The fourth-order valence-corrected chi connectivity index (χ4v) is 6.76. The first-order chi connectivity index (χ1) is 19.1. The topological polar surface area (TPSA) is 0 Å². The molecule has 184 valence electrons.